The fourth-order valence-electron chi connectivity index (χ4n) is 1.08. The van der Waals surface area contributed by atoms with Gasteiger partial charge in [0, 0.05) is 0 Å². The smallest absolute Gasteiger partial charge is 0.0797 e. The molecule has 0 aliphatic heterocycles. The average Bonchev–Trinajstić information content (AvgIpc) is 2.06. The van der Waals surface area contributed by atoms with E-state index < -0.39 is 0 Å². The summed E-state index contributed by atoms with van der Waals surface area (Å²) in [7, 11) is 0. The summed E-state index contributed by atoms with van der Waals surface area (Å²) in [6.07, 6.45) is 5.44. The van der Waals surface area contributed by atoms with Crippen molar-refractivity contribution in [1.82, 2.24) is 0 Å². The second kappa shape index (κ2) is 4.39. The third-order valence-corrected chi connectivity index (χ3v) is 1.60. The van der Waals surface area contributed by atoms with E-state index in [-0.39, 0.29) is 0 Å². The molecule has 1 aromatic rings. The zero-order valence-corrected chi connectivity index (χ0v) is 6.90. The van der Waals surface area contributed by atoms with E-state index in [0.29, 0.717) is 0 Å². The molecule has 0 fully saturated rings. The van der Waals surface area contributed by atoms with Gasteiger partial charge in [-0.15, -0.1) is 6.58 Å². The first kappa shape index (κ1) is 8.60. The van der Waals surface area contributed by atoms with Crippen LogP contribution in [-0.4, -0.2) is 5.11 Å². The largest absolute Gasteiger partial charge is 0.516 e. The Hall–Kier alpha value is -1.50. The van der Waals surface area contributed by atoms with Gasteiger partial charge in [0.05, 0.1) is 6.26 Å². The van der Waals surface area contributed by atoms with E-state index >= 15 is 0 Å². The summed E-state index contributed by atoms with van der Waals surface area (Å²) >= 11 is 0. The van der Waals surface area contributed by atoms with Gasteiger partial charge in [0.2, 0.25) is 0 Å². The van der Waals surface area contributed by atoms with Gasteiger partial charge in [-0.25, -0.2) is 0 Å². The lowest BCUT2D eigenvalue weighted by Crippen LogP contribution is -1.80. The molecule has 0 aliphatic rings. The minimum atomic E-state index is 0.868. The fraction of sp³-hybridized carbons (Fsp3) is 0.0909. The second-order valence-electron chi connectivity index (χ2n) is 2.55. The quantitative estimate of drug-likeness (QED) is 0.532. The zero-order chi connectivity index (χ0) is 8.81. The predicted octanol–water partition coefficient (Wildman–Crippen LogP) is 2.94. The molecule has 0 atom stereocenters. The Kier molecular flexibility index (Phi) is 3.15. The molecule has 1 N–H and O–H groups in total. The first-order chi connectivity index (χ1) is 5.86. The van der Waals surface area contributed by atoms with Gasteiger partial charge >= 0.3 is 0 Å². The summed E-state index contributed by atoms with van der Waals surface area (Å²) in [5, 5.41) is 8.54. The Bertz CT molecular complexity index is 287. The third kappa shape index (κ3) is 2.27. The van der Waals surface area contributed by atoms with E-state index in [4.69, 9.17) is 5.11 Å². The molecule has 0 unspecified atom stereocenters. The Labute approximate surface area is 72.7 Å². The van der Waals surface area contributed by atoms with E-state index in [0.717, 1.165) is 18.2 Å². The summed E-state index contributed by atoms with van der Waals surface area (Å²) in [6, 6.07) is 7.97. The van der Waals surface area contributed by atoms with Gasteiger partial charge in [-0.05, 0) is 23.6 Å². The number of aliphatic hydroxyl groups excluding tert-OH is 1. The summed E-state index contributed by atoms with van der Waals surface area (Å²) in [5.74, 6) is 0. The van der Waals surface area contributed by atoms with E-state index in [1.165, 1.54) is 5.56 Å². The van der Waals surface area contributed by atoms with Gasteiger partial charge in [-0.2, -0.15) is 0 Å². The predicted molar refractivity (Wildman–Crippen MR) is 52.0 cm³/mol. The molecule has 0 amide bonds. The lowest BCUT2D eigenvalue weighted by molar-refractivity contribution is 0.478. The molecular formula is C11H12O. The van der Waals surface area contributed by atoms with Crippen molar-refractivity contribution in [2.24, 2.45) is 0 Å². The molecule has 0 bridgehead atoms. The van der Waals surface area contributed by atoms with Crippen LogP contribution in [0.15, 0.2) is 43.2 Å². The molecular weight excluding hydrogens is 148 g/mol. The van der Waals surface area contributed by atoms with Crippen molar-refractivity contribution in [3.05, 3.63) is 54.3 Å². The number of allylic oxidation sites excluding steroid dienone is 1. The summed E-state index contributed by atoms with van der Waals surface area (Å²) < 4.78 is 0. The van der Waals surface area contributed by atoms with Crippen LogP contribution in [0.5, 0.6) is 0 Å². The first-order valence-electron chi connectivity index (χ1n) is 3.87. The zero-order valence-electron chi connectivity index (χ0n) is 6.90. The van der Waals surface area contributed by atoms with Crippen molar-refractivity contribution in [1.29, 1.82) is 0 Å². The molecule has 1 aromatic carbocycles. The van der Waals surface area contributed by atoms with Gasteiger partial charge in [-0.1, -0.05) is 30.3 Å². The summed E-state index contributed by atoms with van der Waals surface area (Å²) in [5.41, 5.74) is 2.22. The molecule has 1 heteroatoms. The topological polar surface area (TPSA) is 20.2 Å². The minimum absolute atomic E-state index is 0.868. The van der Waals surface area contributed by atoms with Gasteiger partial charge < -0.3 is 5.11 Å². The first-order valence-corrected chi connectivity index (χ1v) is 3.87. The molecule has 0 spiro atoms. The molecule has 1 nitrogen and oxygen atoms in total. The maximum absolute atomic E-state index is 8.54. The highest BCUT2D eigenvalue weighted by Crippen LogP contribution is 2.07. The van der Waals surface area contributed by atoms with E-state index in [1.807, 2.05) is 30.3 Å². The van der Waals surface area contributed by atoms with Crippen molar-refractivity contribution in [2.45, 2.75) is 6.42 Å². The highest BCUT2D eigenvalue weighted by molar-refractivity contribution is 5.49. The van der Waals surface area contributed by atoms with Crippen molar-refractivity contribution in [3.8, 4) is 0 Å². The average molecular weight is 160 g/mol. The number of benzene rings is 1. The normalized spacial score (nSPS) is 10.3. The molecule has 1 rings (SSSR count). The Morgan fingerprint density at radius 1 is 1.42 bits per heavy atom. The van der Waals surface area contributed by atoms with Crippen molar-refractivity contribution in [3.63, 3.8) is 0 Å². The van der Waals surface area contributed by atoms with E-state index in [9.17, 15) is 0 Å². The summed E-state index contributed by atoms with van der Waals surface area (Å²) in [4.78, 5) is 0. The van der Waals surface area contributed by atoms with E-state index in [1.54, 1.807) is 6.08 Å². The van der Waals surface area contributed by atoms with Crippen LogP contribution in [0.4, 0.5) is 0 Å². The van der Waals surface area contributed by atoms with Gasteiger partial charge in [0.15, 0.2) is 0 Å². The molecule has 0 heterocycles. The molecule has 0 saturated carbocycles. The third-order valence-electron chi connectivity index (χ3n) is 1.60. The Morgan fingerprint density at radius 3 is 2.92 bits per heavy atom. The van der Waals surface area contributed by atoms with Crippen LogP contribution >= 0.6 is 0 Å². The lowest BCUT2D eigenvalue weighted by atomic mass is 10.1. The minimum Gasteiger partial charge on any atom is -0.516 e. The summed E-state index contributed by atoms with van der Waals surface area (Å²) in [6.45, 7) is 3.66. The molecule has 62 valence electrons. The van der Waals surface area contributed by atoms with Crippen LogP contribution in [0.2, 0.25) is 0 Å². The van der Waals surface area contributed by atoms with Crippen LogP contribution in [0.25, 0.3) is 6.08 Å². The van der Waals surface area contributed by atoms with Crippen LogP contribution in [0.1, 0.15) is 11.1 Å². The van der Waals surface area contributed by atoms with Crippen LogP contribution in [0.3, 0.4) is 0 Å². The van der Waals surface area contributed by atoms with Crippen molar-refractivity contribution < 1.29 is 5.11 Å². The lowest BCUT2D eigenvalue weighted by Gasteiger charge is -1.97. The van der Waals surface area contributed by atoms with Crippen LogP contribution in [0, 0.1) is 0 Å². The molecule has 0 aliphatic carbocycles. The van der Waals surface area contributed by atoms with E-state index in [2.05, 4.69) is 6.58 Å². The highest BCUT2D eigenvalue weighted by Gasteiger charge is 1.89. The number of rotatable bonds is 3. The Morgan fingerprint density at radius 2 is 2.25 bits per heavy atom. The van der Waals surface area contributed by atoms with Gasteiger partial charge in [-0.3, -0.25) is 0 Å². The van der Waals surface area contributed by atoms with Crippen LogP contribution < -0.4 is 0 Å². The monoisotopic (exact) mass is 160 g/mol. The van der Waals surface area contributed by atoms with Gasteiger partial charge in [0.1, 0.15) is 0 Å². The number of aliphatic hydroxyl groups is 1. The maximum Gasteiger partial charge on any atom is 0.0797 e. The Balaban J connectivity index is 2.87. The van der Waals surface area contributed by atoms with Crippen LogP contribution in [-0.2, 0) is 6.42 Å². The standard InChI is InChI=1S/C11H12O/c1-2-4-10-5-3-6-11(9-10)7-8-12/h2-3,5-9,12H,1,4H2. The van der Waals surface area contributed by atoms with Crippen molar-refractivity contribution >= 4 is 6.08 Å². The maximum atomic E-state index is 8.54. The van der Waals surface area contributed by atoms with Gasteiger partial charge in [0.25, 0.3) is 0 Å². The molecule has 0 radical (unpaired) electrons. The molecule has 0 saturated heterocycles. The molecule has 12 heavy (non-hydrogen) atoms. The fourth-order valence-corrected chi connectivity index (χ4v) is 1.08. The number of hydrogen-bond acceptors (Lipinski definition) is 1. The second-order valence-corrected chi connectivity index (χ2v) is 2.55. The SMILES string of the molecule is C=CCc1cccc(C=CO)c1. The highest BCUT2D eigenvalue weighted by atomic mass is 16.2. The molecule has 0 aromatic heterocycles. The number of hydrogen-bond donors (Lipinski definition) is 1. The van der Waals surface area contributed by atoms with Crippen molar-refractivity contribution in [2.75, 3.05) is 0 Å².